The Labute approximate surface area is 136 Å². The molecule has 1 heterocycles. The van der Waals surface area contributed by atoms with Crippen LogP contribution in [0.1, 0.15) is 34.6 Å². The second-order valence-corrected chi connectivity index (χ2v) is 6.20. The molecule has 23 heavy (non-hydrogen) atoms. The summed E-state index contributed by atoms with van der Waals surface area (Å²) in [7, 11) is 0. The van der Waals surface area contributed by atoms with E-state index in [9.17, 15) is 14.4 Å². The highest BCUT2D eigenvalue weighted by Crippen LogP contribution is 2.39. The average molecular weight is 327 g/mol. The molecule has 0 aromatic heterocycles. The quantitative estimate of drug-likeness (QED) is 0.348. The zero-order valence-electron chi connectivity index (χ0n) is 14.4. The molecule has 1 rings (SSSR count). The maximum atomic E-state index is 12.5. The summed E-state index contributed by atoms with van der Waals surface area (Å²) >= 11 is 0. The molecule has 7 heteroatoms. The molecule has 1 N–H and O–H groups in total. The van der Waals surface area contributed by atoms with Crippen LogP contribution in [0.3, 0.4) is 0 Å². The van der Waals surface area contributed by atoms with Gasteiger partial charge in [-0.05, 0) is 40.2 Å². The average Bonchev–Trinajstić information content (AvgIpc) is 2.76. The lowest BCUT2D eigenvalue weighted by atomic mass is 9.77. The van der Waals surface area contributed by atoms with E-state index in [1.165, 1.54) is 0 Å². The van der Waals surface area contributed by atoms with Crippen molar-refractivity contribution in [2.75, 3.05) is 19.8 Å². The standard InChI is InChI=1S/C16H25NO6/c1-7-21-13(19)16(14(20)22-8-2)10(3)9-17-11(16)12(18)23-15(4,5)6/h11,17H,3,7-9H2,1-2,4-6H3. The van der Waals surface area contributed by atoms with Crippen molar-refractivity contribution in [3.63, 3.8) is 0 Å². The predicted octanol–water partition coefficient (Wildman–Crippen LogP) is 0.969. The van der Waals surface area contributed by atoms with Gasteiger partial charge in [-0.15, -0.1) is 0 Å². The SMILES string of the molecule is C=C1CNC(C(=O)OC(C)(C)C)C1(C(=O)OCC)C(=O)OCC. The summed E-state index contributed by atoms with van der Waals surface area (Å²) in [4.78, 5) is 37.6. The smallest absolute Gasteiger partial charge is 0.330 e. The Balaban J connectivity index is 3.31. The number of ether oxygens (including phenoxy) is 3. The number of hydrogen-bond donors (Lipinski definition) is 1. The fraction of sp³-hybridized carbons (Fsp3) is 0.688. The number of nitrogens with one attached hydrogen (secondary N) is 1. The Morgan fingerprint density at radius 2 is 1.65 bits per heavy atom. The predicted molar refractivity (Wildman–Crippen MR) is 82.5 cm³/mol. The van der Waals surface area contributed by atoms with E-state index in [1.54, 1.807) is 34.6 Å². The molecular formula is C16H25NO6. The van der Waals surface area contributed by atoms with Crippen LogP contribution in [-0.4, -0.2) is 49.3 Å². The minimum atomic E-state index is -1.92. The van der Waals surface area contributed by atoms with E-state index in [0.29, 0.717) is 0 Å². The Morgan fingerprint density at radius 1 is 1.17 bits per heavy atom. The van der Waals surface area contributed by atoms with Crippen molar-refractivity contribution >= 4 is 17.9 Å². The normalized spacial score (nSPS) is 20.0. The largest absolute Gasteiger partial charge is 0.465 e. The summed E-state index contributed by atoms with van der Waals surface area (Å²) in [6, 6.07) is -1.23. The fourth-order valence-corrected chi connectivity index (χ4v) is 2.44. The van der Waals surface area contributed by atoms with E-state index >= 15 is 0 Å². The Kier molecular flexibility index (Phi) is 5.93. The highest BCUT2D eigenvalue weighted by molar-refractivity contribution is 6.09. The van der Waals surface area contributed by atoms with Crippen LogP contribution in [0, 0.1) is 5.41 Å². The van der Waals surface area contributed by atoms with Crippen LogP contribution >= 0.6 is 0 Å². The van der Waals surface area contributed by atoms with Gasteiger partial charge in [0.15, 0.2) is 0 Å². The van der Waals surface area contributed by atoms with Gasteiger partial charge in [-0.2, -0.15) is 0 Å². The molecule has 0 aromatic rings. The van der Waals surface area contributed by atoms with Crippen LogP contribution in [-0.2, 0) is 28.6 Å². The van der Waals surface area contributed by atoms with Gasteiger partial charge in [0.2, 0.25) is 5.41 Å². The first-order valence-corrected chi connectivity index (χ1v) is 7.60. The summed E-state index contributed by atoms with van der Waals surface area (Å²) in [5, 5.41) is 2.82. The molecule has 0 bridgehead atoms. The first-order valence-electron chi connectivity index (χ1n) is 7.60. The van der Waals surface area contributed by atoms with Crippen LogP contribution in [0.15, 0.2) is 12.2 Å². The third-order valence-corrected chi connectivity index (χ3v) is 3.35. The van der Waals surface area contributed by atoms with Gasteiger partial charge in [0.05, 0.1) is 13.2 Å². The molecule has 1 unspecified atom stereocenters. The molecule has 1 aliphatic rings. The molecular weight excluding hydrogens is 302 g/mol. The zero-order valence-corrected chi connectivity index (χ0v) is 14.4. The van der Waals surface area contributed by atoms with Gasteiger partial charge in [0, 0.05) is 6.54 Å². The van der Waals surface area contributed by atoms with Crippen molar-refractivity contribution in [3.05, 3.63) is 12.2 Å². The number of carbonyl (C=O) groups excluding carboxylic acids is 3. The summed E-state index contributed by atoms with van der Waals surface area (Å²) in [6.07, 6.45) is 0. The van der Waals surface area contributed by atoms with Gasteiger partial charge in [0.25, 0.3) is 0 Å². The van der Waals surface area contributed by atoms with Crippen molar-refractivity contribution in [1.29, 1.82) is 0 Å². The summed E-state index contributed by atoms with van der Waals surface area (Å²) in [6.45, 7) is 12.3. The molecule has 0 saturated carbocycles. The molecule has 0 aliphatic carbocycles. The number of hydrogen-bond acceptors (Lipinski definition) is 7. The zero-order chi connectivity index (χ0) is 17.8. The van der Waals surface area contributed by atoms with Crippen molar-refractivity contribution in [1.82, 2.24) is 5.32 Å². The minimum absolute atomic E-state index is 0.0638. The first-order chi connectivity index (χ1) is 10.6. The number of esters is 3. The van der Waals surface area contributed by atoms with Crippen LogP contribution in [0.2, 0.25) is 0 Å². The van der Waals surface area contributed by atoms with Gasteiger partial charge in [-0.3, -0.25) is 19.7 Å². The van der Waals surface area contributed by atoms with E-state index < -0.39 is 35.0 Å². The Bertz CT molecular complexity index is 487. The summed E-state index contributed by atoms with van der Waals surface area (Å²) in [5.41, 5.74) is -2.46. The minimum Gasteiger partial charge on any atom is -0.465 e. The van der Waals surface area contributed by atoms with E-state index in [1.807, 2.05) is 0 Å². The van der Waals surface area contributed by atoms with Crippen LogP contribution in [0.4, 0.5) is 0 Å². The van der Waals surface area contributed by atoms with E-state index in [4.69, 9.17) is 14.2 Å². The van der Waals surface area contributed by atoms with E-state index in [0.717, 1.165) is 0 Å². The van der Waals surface area contributed by atoms with Gasteiger partial charge < -0.3 is 14.2 Å². The lowest BCUT2D eigenvalue weighted by Gasteiger charge is -2.31. The van der Waals surface area contributed by atoms with Gasteiger partial charge >= 0.3 is 17.9 Å². The van der Waals surface area contributed by atoms with Gasteiger partial charge in [-0.25, -0.2) is 0 Å². The molecule has 1 saturated heterocycles. The fourth-order valence-electron chi connectivity index (χ4n) is 2.44. The van der Waals surface area contributed by atoms with Gasteiger partial charge in [0.1, 0.15) is 11.6 Å². The lowest BCUT2D eigenvalue weighted by molar-refractivity contribution is -0.178. The second kappa shape index (κ2) is 7.12. The van der Waals surface area contributed by atoms with E-state index in [-0.39, 0.29) is 25.3 Å². The van der Waals surface area contributed by atoms with Crippen LogP contribution in [0.25, 0.3) is 0 Å². The Hall–Kier alpha value is -1.89. The third-order valence-electron chi connectivity index (χ3n) is 3.35. The molecule has 0 aromatic carbocycles. The molecule has 0 spiro atoms. The highest BCUT2D eigenvalue weighted by atomic mass is 16.6. The number of rotatable bonds is 5. The molecule has 1 fully saturated rings. The topological polar surface area (TPSA) is 90.9 Å². The molecule has 1 aliphatic heterocycles. The summed E-state index contributed by atoms with van der Waals surface area (Å²) < 4.78 is 15.4. The second-order valence-electron chi connectivity index (χ2n) is 6.20. The molecule has 1 atom stereocenters. The molecule has 0 amide bonds. The van der Waals surface area contributed by atoms with Crippen molar-refractivity contribution in [2.24, 2.45) is 5.41 Å². The first kappa shape index (κ1) is 19.2. The van der Waals surface area contributed by atoms with Crippen molar-refractivity contribution < 1.29 is 28.6 Å². The monoisotopic (exact) mass is 327 g/mol. The van der Waals surface area contributed by atoms with Crippen LogP contribution in [0.5, 0.6) is 0 Å². The summed E-state index contributed by atoms with van der Waals surface area (Å²) in [5.74, 6) is -2.44. The highest BCUT2D eigenvalue weighted by Gasteiger charge is 2.63. The molecule has 0 radical (unpaired) electrons. The van der Waals surface area contributed by atoms with E-state index in [2.05, 4.69) is 11.9 Å². The molecule has 130 valence electrons. The van der Waals surface area contributed by atoms with Crippen molar-refractivity contribution in [3.8, 4) is 0 Å². The number of carbonyl (C=O) groups is 3. The maximum Gasteiger partial charge on any atom is 0.330 e. The van der Waals surface area contributed by atoms with Crippen molar-refractivity contribution in [2.45, 2.75) is 46.3 Å². The van der Waals surface area contributed by atoms with Gasteiger partial charge in [-0.1, -0.05) is 6.58 Å². The molecule has 7 nitrogen and oxygen atoms in total. The third kappa shape index (κ3) is 3.72. The lowest BCUT2D eigenvalue weighted by Crippen LogP contribution is -2.56. The maximum absolute atomic E-state index is 12.5. The Morgan fingerprint density at radius 3 is 2.04 bits per heavy atom. The van der Waals surface area contributed by atoms with Crippen LogP contribution < -0.4 is 5.32 Å².